The van der Waals surface area contributed by atoms with Gasteiger partial charge in [0.05, 0.1) is 9.35 Å². The Bertz CT molecular complexity index is 481. The van der Waals surface area contributed by atoms with E-state index in [4.69, 9.17) is 0 Å². The van der Waals surface area contributed by atoms with E-state index in [-0.39, 0.29) is 5.91 Å². The molecule has 82 valence electrons. The second kappa shape index (κ2) is 5.27. The largest absolute Gasteiger partial charge is 0.348 e. The molecule has 16 heavy (non-hydrogen) atoms. The average Bonchev–Trinajstić information content (AvgIpc) is 2.74. The number of amides is 1. The minimum atomic E-state index is -0.0363. The maximum atomic E-state index is 11.7. The Morgan fingerprint density at radius 2 is 2.06 bits per heavy atom. The molecule has 1 aromatic heterocycles. The first kappa shape index (κ1) is 11.4. The molecule has 0 spiro atoms. The van der Waals surface area contributed by atoms with Crippen LogP contribution in [0.4, 0.5) is 0 Å². The van der Waals surface area contributed by atoms with Crippen LogP contribution in [0, 0.1) is 0 Å². The fourth-order valence-corrected chi connectivity index (χ4v) is 2.45. The topological polar surface area (TPSA) is 29.1 Å². The zero-order chi connectivity index (χ0) is 11.4. The highest BCUT2D eigenvalue weighted by molar-refractivity contribution is 9.11. The van der Waals surface area contributed by atoms with Crippen LogP contribution in [0.3, 0.4) is 0 Å². The summed E-state index contributed by atoms with van der Waals surface area (Å²) >= 11 is 4.85. The molecule has 1 heterocycles. The number of halogens is 1. The molecule has 1 N–H and O–H groups in total. The lowest BCUT2D eigenvalue weighted by atomic mass is 10.2. The van der Waals surface area contributed by atoms with Crippen LogP contribution in [0.1, 0.15) is 15.9 Å². The second-order valence-electron chi connectivity index (χ2n) is 3.31. The molecule has 0 unspecified atom stereocenters. The van der Waals surface area contributed by atoms with E-state index in [1.807, 2.05) is 41.8 Å². The minimum Gasteiger partial charge on any atom is -0.348 e. The van der Waals surface area contributed by atoms with Crippen molar-refractivity contribution in [2.24, 2.45) is 0 Å². The van der Waals surface area contributed by atoms with Gasteiger partial charge in [-0.15, -0.1) is 11.3 Å². The second-order valence-corrected chi connectivity index (χ2v) is 5.60. The Morgan fingerprint density at radius 1 is 1.31 bits per heavy atom. The lowest BCUT2D eigenvalue weighted by Gasteiger charge is -2.03. The summed E-state index contributed by atoms with van der Waals surface area (Å²) in [5.74, 6) is -0.0363. The fourth-order valence-electron chi connectivity index (χ4n) is 1.31. The zero-order valence-electron chi connectivity index (χ0n) is 8.44. The van der Waals surface area contributed by atoms with Crippen LogP contribution in [0.5, 0.6) is 0 Å². The molecular weight excluding hydrogens is 286 g/mol. The van der Waals surface area contributed by atoms with Crippen molar-refractivity contribution in [3.8, 4) is 0 Å². The van der Waals surface area contributed by atoms with Gasteiger partial charge in [-0.25, -0.2) is 0 Å². The molecule has 2 nitrogen and oxygen atoms in total. The fraction of sp³-hybridized carbons (Fsp3) is 0.0833. The molecule has 4 heteroatoms. The monoisotopic (exact) mass is 295 g/mol. The number of hydrogen-bond acceptors (Lipinski definition) is 2. The lowest BCUT2D eigenvalue weighted by molar-refractivity contribution is 0.0951. The number of rotatable bonds is 3. The van der Waals surface area contributed by atoms with Crippen molar-refractivity contribution in [2.75, 3.05) is 0 Å². The van der Waals surface area contributed by atoms with Crippen molar-refractivity contribution >= 4 is 33.2 Å². The molecule has 0 radical (unpaired) electrons. The molecule has 0 aliphatic rings. The Hall–Kier alpha value is -1.13. The number of thiophene rings is 1. The molecule has 0 aliphatic heterocycles. The maximum Gasteiger partial charge on any atom is 0.252 e. The van der Waals surface area contributed by atoms with Crippen LogP contribution in [0.15, 0.2) is 45.6 Å². The van der Waals surface area contributed by atoms with Gasteiger partial charge >= 0.3 is 0 Å². The van der Waals surface area contributed by atoms with Gasteiger partial charge in [-0.05, 0) is 27.6 Å². The normalized spacial score (nSPS) is 10.1. The van der Waals surface area contributed by atoms with Gasteiger partial charge in [-0.3, -0.25) is 4.79 Å². The molecule has 1 aromatic carbocycles. The molecule has 0 saturated carbocycles. The van der Waals surface area contributed by atoms with Crippen molar-refractivity contribution < 1.29 is 4.79 Å². The van der Waals surface area contributed by atoms with E-state index >= 15 is 0 Å². The maximum absolute atomic E-state index is 11.7. The molecule has 0 atom stereocenters. The summed E-state index contributed by atoms with van der Waals surface area (Å²) in [5.41, 5.74) is 1.80. The standard InChI is InChI=1S/C12H10BrNOS/c13-11-6-10(8-16-11)12(15)14-7-9-4-2-1-3-5-9/h1-6,8H,7H2,(H,14,15). The van der Waals surface area contributed by atoms with Gasteiger partial charge in [0.15, 0.2) is 0 Å². The molecular formula is C12H10BrNOS. The summed E-state index contributed by atoms with van der Waals surface area (Å²) in [5, 5.41) is 4.71. The average molecular weight is 296 g/mol. The molecule has 0 fully saturated rings. The first-order valence-corrected chi connectivity index (χ1v) is 6.49. The number of carbonyl (C=O) groups is 1. The first-order chi connectivity index (χ1) is 7.75. The van der Waals surface area contributed by atoms with Crippen molar-refractivity contribution in [3.05, 3.63) is 56.7 Å². The predicted molar refractivity (Wildman–Crippen MR) is 69.6 cm³/mol. The molecule has 0 saturated heterocycles. The van der Waals surface area contributed by atoms with Gasteiger partial charge < -0.3 is 5.32 Å². The molecule has 0 aliphatic carbocycles. The van der Waals surface area contributed by atoms with Crippen LogP contribution in [-0.4, -0.2) is 5.91 Å². The Balaban J connectivity index is 1.94. The molecule has 0 bridgehead atoms. The van der Waals surface area contributed by atoms with E-state index in [1.165, 1.54) is 11.3 Å². The Labute approximate surface area is 106 Å². The van der Waals surface area contributed by atoms with Gasteiger partial charge in [0, 0.05) is 11.9 Å². The first-order valence-electron chi connectivity index (χ1n) is 4.82. The van der Waals surface area contributed by atoms with Gasteiger partial charge in [0.25, 0.3) is 5.91 Å². The van der Waals surface area contributed by atoms with Crippen molar-refractivity contribution in [3.63, 3.8) is 0 Å². The van der Waals surface area contributed by atoms with Gasteiger partial charge in [-0.2, -0.15) is 0 Å². The van der Waals surface area contributed by atoms with Crippen LogP contribution >= 0.6 is 27.3 Å². The van der Waals surface area contributed by atoms with E-state index in [0.717, 1.165) is 9.35 Å². The van der Waals surface area contributed by atoms with E-state index in [0.29, 0.717) is 12.1 Å². The number of hydrogen-bond donors (Lipinski definition) is 1. The third kappa shape index (κ3) is 2.93. The van der Waals surface area contributed by atoms with Gasteiger partial charge in [0.2, 0.25) is 0 Å². The molecule has 2 rings (SSSR count). The van der Waals surface area contributed by atoms with E-state index < -0.39 is 0 Å². The van der Waals surface area contributed by atoms with E-state index in [2.05, 4.69) is 21.2 Å². The third-order valence-corrected chi connectivity index (χ3v) is 3.63. The lowest BCUT2D eigenvalue weighted by Crippen LogP contribution is -2.22. The molecule has 1 amide bonds. The van der Waals surface area contributed by atoms with Gasteiger partial charge in [-0.1, -0.05) is 30.3 Å². The van der Waals surface area contributed by atoms with Crippen molar-refractivity contribution in [2.45, 2.75) is 6.54 Å². The van der Waals surface area contributed by atoms with E-state index in [1.54, 1.807) is 0 Å². The smallest absolute Gasteiger partial charge is 0.252 e. The number of nitrogens with one attached hydrogen (secondary N) is 1. The minimum absolute atomic E-state index is 0.0363. The third-order valence-electron chi connectivity index (χ3n) is 2.13. The summed E-state index contributed by atoms with van der Waals surface area (Å²) in [7, 11) is 0. The number of carbonyl (C=O) groups excluding carboxylic acids is 1. The zero-order valence-corrected chi connectivity index (χ0v) is 10.8. The van der Waals surface area contributed by atoms with E-state index in [9.17, 15) is 4.79 Å². The quantitative estimate of drug-likeness (QED) is 0.923. The van der Waals surface area contributed by atoms with Crippen LogP contribution in [0.25, 0.3) is 0 Å². The summed E-state index contributed by atoms with van der Waals surface area (Å²) < 4.78 is 0.970. The highest BCUT2D eigenvalue weighted by Gasteiger charge is 2.06. The number of benzene rings is 1. The summed E-state index contributed by atoms with van der Waals surface area (Å²) in [6.45, 7) is 0.563. The van der Waals surface area contributed by atoms with Crippen molar-refractivity contribution in [1.82, 2.24) is 5.32 Å². The predicted octanol–water partition coefficient (Wildman–Crippen LogP) is 3.44. The highest BCUT2D eigenvalue weighted by Crippen LogP contribution is 2.20. The SMILES string of the molecule is O=C(NCc1ccccc1)c1csc(Br)c1. The van der Waals surface area contributed by atoms with Crippen molar-refractivity contribution in [1.29, 1.82) is 0 Å². The summed E-state index contributed by atoms with van der Waals surface area (Å²) in [6, 6.07) is 11.7. The van der Waals surface area contributed by atoms with Gasteiger partial charge in [0.1, 0.15) is 0 Å². The molecule has 2 aromatic rings. The van der Waals surface area contributed by atoms with Crippen LogP contribution in [0.2, 0.25) is 0 Å². The summed E-state index contributed by atoms with van der Waals surface area (Å²) in [6.07, 6.45) is 0. The Morgan fingerprint density at radius 3 is 2.69 bits per heavy atom. The van der Waals surface area contributed by atoms with Crippen LogP contribution < -0.4 is 5.32 Å². The highest BCUT2D eigenvalue weighted by atomic mass is 79.9. The van der Waals surface area contributed by atoms with Crippen LogP contribution in [-0.2, 0) is 6.54 Å². The summed E-state index contributed by atoms with van der Waals surface area (Å²) in [4.78, 5) is 11.7. The Kier molecular flexibility index (Phi) is 3.74.